The van der Waals surface area contributed by atoms with Crippen molar-refractivity contribution in [2.75, 3.05) is 65.9 Å². The largest absolute Gasteiger partial charge is 0.481 e. The lowest BCUT2D eigenvalue weighted by molar-refractivity contribution is -0.142. The van der Waals surface area contributed by atoms with Crippen molar-refractivity contribution in [3.63, 3.8) is 0 Å². The Balaban J connectivity index is 3.59. The summed E-state index contributed by atoms with van der Waals surface area (Å²) < 4.78 is 21.7. The second-order valence-corrected chi connectivity index (χ2v) is 15.0. The molecule has 0 aliphatic rings. The molecule has 0 bridgehead atoms. The molecular weight excluding hydrogens is 782 g/mol. The summed E-state index contributed by atoms with van der Waals surface area (Å²) in [4.78, 5) is 69.4. The second kappa shape index (κ2) is 42.3. The Morgan fingerprint density at radius 2 is 0.817 bits per heavy atom. The first-order chi connectivity index (χ1) is 29.1. The van der Waals surface area contributed by atoms with E-state index in [9.17, 15) is 33.9 Å². The molecule has 0 aromatic carbocycles. The van der Waals surface area contributed by atoms with Crippen LogP contribution in [0, 0.1) is 0 Å². The summed E-state index contributed by atoms with van der Waals surface area (Å²) >= 11 is 0. The molecule has 0 aromatic heterocycles. The minimum atomic E-state index is -1.16. The van der Waals surface area contributed by atoms with E-state index in [-0.39, 0.29) is 69.6 Å². The Morgan fingerprint density at radius 3 is 1.28 bits per heavy atom. The lowest BCUT2D eigenvalue weighted by Crippen LogP contribution is -2.41. The van der Waals surface area contributed by atoms with Crippen molar-refractivity contribution in [1.82, 2.24) is 21.4 Å². The van der Waals surface area contributed by atoms with Crippen molar-refractivity contribution in [3.8, 4) is 0 Å². The van der Waals surface area contributed by atoms with Gasteiger partial charge in [-0.1, -0.05) is 89.9 Å². The Bertz CT molecular complexity index is 1120. The van der Waals surface area contributed by atoms with E-state index < -0.39 is 30.0 Å². The van der Waals surface area contributed by atoms with E-state index in [2.05, 4.69) is 21.4 Å². The van der Waals surface area contributed by atoms with Crippen molar-refractivity contribution in [3.05, 3.63) is 0 Å². The minimum absolute atomic E-state index is 0.00161. The van der Waals surface area contributed by atoms with E-state index in [1.165, 1.54) is 57.8 Å². The number of aliphatic carboxylic acids is 3. The number of unbranched alkanes of at least 4 members (excludes halogenated alkanes) is 16. The van der Waals surface area contributed by atoms with Crippen LogP contribution in [0.25, 0.3) is 0 Å². The first kappa shape index (κ1) is 56.6. The first-order valence-electron chi connectivity index (χ1n) is 22.3. The molecule has 18 heteroatoms. The number of hydrogen-bond acceptors (Lipinski definition) is 12. The Labute approximate surface area is 357 Å². The number of carboxylic acid groups (broad SMARTS) is 3. The van der Waals surface area contributed by atoms with Crippen molar-refractivity contribution >= 4 is 35.6 Å². The van der Waals surface area contributed by atoms with Gasteiger partial charge >= 0.3 is 17.9 Å². The van der Waals surface area contributed by atoms with Gasteiger partial charge in [0.25, 0.3) is 0 Å². The molecule has 9 N–H and O–H groups in total. The van der Waals surface area contributed by atoms with E-state index in [0.717, 1.165) is 38.5 Å². The van der Waals surface area contributed by atoms with Crippen molar-refractivity contribution in [2.45, 2.75) is 166 Å². The maximum absolute atomic E-state index is 12.3. The van der Waals surface area contributed by atoms with Gasteiger partial charge in [-0.2, -0.15) is 0 Å². The molecule has 0 rings (SSSR count). The molecule has 0 unspecified atom stereocenters. The molecule has 0 heterocycles. The number of carbonyl (C=O) groups excluding carboxylic acids is 3. The van der Waals surface area contributed by atoms with Crippen LogP contribution in [0.15, 0.2) is 0 Å². The number of hydrazine groups is 1. The smallest absolute Gasteiger partial charge is 0.326 e. The summed E-state index contributed by atoms with van der Waals surface area (Å²) in [7, 11) is 0. The van der Waals surface area contributed by atoms with Crippen LogP contribution >= 0.6 is 0 Å². The molecule has 60 heavy (non-hydrogen) atoms. The number of carboxylic acids is 3. The van der Waals surface area contributed by atoms with Gasteiger partial charge in [0.1, 0.15) is 12.1 Å². The molecule has 18 nitrogen and oxygen atoms in total. The first-order valence-corrected chi connectivity index (χ1v) is 22.3. The molecular formula is C42H79N5O13. The zero-order valence-electron chi connectivity index (χ0n) is 36.2. The van der Waals surface area contributed by atoms with Gasteiger partial charge in [-0.3, -0.25) is 29.8 Å². The molecule has 0 spiro atoms. The lowest BCUT2D eigenvalue weighted by Gasteiger charge is -2.14. The predicted octanol–water partition coefficient (Wildman–Crippen LogP) is 4.22. The average molecular weight is 862 g/mol. The Hall–Kier alpha value is -3.42. The fourth-order valence-electron chi connectivity index (χ4n) is 6.18. The fourth-order valence-corrected chi connectivity index (χ4v) is 6.18. The average Bonchev–Trinajstić information content (AvgIpc) is 3.21. The number of amides is 3. The third-order valence-electron chi connectivity index (χ3n) is 9.74. The van der Waals surface area contributed by atoms with Gasteiger partial charge < -0.3 is 50.2 Å². The van der Waals surface area contributed by atoms with Gasteiger partial charge in [-0.25, -0.2) is 10.2 Å². The van der Waals surface area contributed by atoms with E-state index in [4.69, 9.17) is 35.0 Å². The summed E-state index contributed by atoms with van der Waals surface area (Å²) in [6.45, 7) is 3.33. The third kappa shape index (κ3) is 40.0. The van der Waals surface area contributed by atoms with E-state index in [0.29, 0.717) is 71.9 Å². The highest BCUT2D eigenvalue weighted by Crippen LogP contribution is 2.14. The van der Waals surface area contributed by atoms with Crippen molar-refractivity contribution in [2.24, 2.45) is 5.84 Å². The van der Waals surface area contributed by atoms with E-state index in [1.54, 1.807) is 0 Å². The highest BCUT2D eigenvalue weighted by molar-refractivity contribution is 5.84. The maximum atomic E-state index is 12.3. The number of nitrogens with one attached hydrogen (secondary N) is 4. The molecule has 0 radical (unpaired) electrons. The van der Waals surface area contributed by atoms with Gasteiger partial charge in [-0.05, 0) is 38.5 Å². The molecule has 3 amide bonds. The SMILES string of the molecule is NN[C@@H](CCCCNC(=O)CCOCCOCCOCCOCCNC(=O)CC[C@H](NC(=O)CCCCCCCCCCCCCCCCCCC(=O)O)C(=O)O)C(=O)O. The van der Waals surface area contributed by atoms with E-state index >= 15 is 0 Å². The van der Waals surface area contributed by atoms with Gasteiger partial charge in [0.05, 0.1) is 52.9 Å². The minimum Gasteiger partial charge on any atom is -0.481 e. The summed E-state index contributed by atoms with van der Waals surface area (Å²) in [6.07, 6.45) is 20.3. The monoisotopic (exact) mass is 862 g/mol. The predicted molar refractivity (Wildman–Crippen MR) is 226 cm³/mol. The fraction of sp³-hybridized carbons (Fsp3) is 0.857. The van der Waals surface area contributed by atoms with Gasteiger partial charge in [0.15, 0.2) is 0 Å². The van der Waals surface area contributed by atoms with Gasteiger partial charge in [-0.15, -0.1) is 0 Å². The van der Waals surface area contributed by atoms with Crippen LogP contribution in [0.4, 0.5) is 0 Å². The standard InChI is InChI=1S/C42H79N5O13/c43-47-36(42(55)56)19-17-18-25-44-38(49)24-27-57-29-31-59-33-34-60-32-30-58-28-26-45-37(48)23-22-35(41(53)54)46-39(50)20-15-13-11-9-7-5-3-1-2-4-6-8-10-12-14-16-21-40(51)52/h35-36,47H,1-34,43H2,(H,44,49)(H,45,48)(H,46,50)(H,51,52)(H,53,54)(H,55,56)/t35-,36-/m0/s1. The topological polar surface area (TPSA) is 274 Å². The molecule has 0 aromatic rings. The van der Waals surface area contributed by atoms with Crippen LogP contribution in [0.3, 0.4) is 0 Å². The van der Waals surface area contributed by atoms with Crippen LogP contribution in [-0.2, 0) is 47.7 Å². The van der Waals surface area contributed by atoms with Crippen LogP contribution in [0.1, 0.15) is 154 Å². The lowest BCUT2D eigenvalue weighted by atomic mass is 10.0. The molecule has 350 valence electrons. The summed E-state index contributed by atoms with van der Waals surface area (Å²) in [5.74, 6) is 1.53. The highest BCUT2D eigenvalue weighted by atomic mass is 16.6. The van der Waals surface area contributed by atoms with Crippen LogP contribution in [-0.4, -0.2) is 129 Å². The number of ether oxygens (including phenoxy) is 4. The second-order valence-electron chi connectivity index (χ2n) is 15.0. The highest BCUT2D eigenvalue weighted by Gasteiger charge is 2.21. The number of rotatable bonds is 46. The summed E-state index contributed by atoms with van der Waals surface area (Å²) in [6, 6.07) is -1.91. The molecule has 0 fully saturated rings. The van der Waals surface area contributed by atoms with Crippen LogP contribution in [0.2, 0.25) is 0 Å². The van der Waals surface area contributed by atoms with Crippen LogP contribution in [0.5, 0.6) is 0 Å². The maximum Gasteiger partial charge on any atom is 0.326 e. The third-order valence-corrected chi connectivity index (χ3v) is 9.74. The van der Waals surface area contributed by atoms with Gasteiger partial charge in [0.2, 0.25) is 17.7 Å². The van der Waals surface area contributed by atoms with Crippen LogP contribution < -0.4 is 27.2 Å². The van der Waals surface area contributed by atoms with Gasteiger partial charge in [0, 0.05) is 38.8 Å². The Kier molecular flexibility index (Phi) is 39.9. The van der Waals surface area contributed by atoms with Crippen molar-refractivity contribution in [1.29, 1.82) is 0 Å². The van der Waals surface area contributed by atoms with E-state index in [1.807, 2.05) is 0 Å². The molecule has 0 aliphatic carbocycles. The normalized spacial score (nSPS) is 12.2. The summed E-state index contributed by atoms with van der Waals surface area (Å²) in [5, 5.41) is 35.1. The zero-order chi connectivity index (χ0) is 44.3. The number of nitrogens with two attached hydrogens (primary N) is 1. The zero-order valence-corrected chi connectivity index (χ0v) is 36.2. The Morgan fingerprint density at radius 1 is 0.400 bits per heavy atom. The number of hydrogen-bond donors (Lipinski definition) is 8. The summed E-state index contributed by atoms with van der Waals surface area (Å²) in [5.41, 5.74) is 2.24. The molecule has 0 aliphatic heterocycles. The molecule has 2 atom stereocenters. The van der Waals surface area contributed by atoms with Crippen molar-refractivity contribution < 1.29 is 63.0 Å². The quantitative estimate of drug-likeness (QED) is 0.0242. The molecule has 0 saturated heterocycles. The molecule has 0 saturated carbocycles. The number of carbonyl (C=O) groups is 6.